The number of aliphatic hydroxyl groups excluding tert-OH is 2. The molecule has 0 heterocycles. The third-order valence-electron chi connectivity index (χ3n) is 17.5. The first-order valence-corrected chi connectivity index (χ1v) is 37.1. The Morgan fingerprint density at radius 1 is 0.346 bits per heavy atom. The van der Waals surface area contributed by atoms with Gasteiger partial charge in [-0.05, 0) is 57.8 Å². The molecule has 0 rings (SSSR count). The zero-order valence-corrected chi connectivity index (χ0v) is 55.0. The molecule has 0 fully saturated rings. The van der Waals surface area contributed by atoms with Gasteiger partial charge in [-0.1, -0.05) is 372 Å². The molecule has 6 heteroatoms. The van der Waals surface area contributed by atoms with Crippen molar-refractivity contribution >= 4 is 11.9 Å². The van der Waals surface area contributed by atoms with Crippen LogP contribution in [0.3, 0.4) is 0 Å². The van der Waals surface area contributed by atoms with E-state index in [-0.39, 0.29) is 18.5 Å². The Morgan fingerprint density at radius 2 is 0.617 bits per heavy atom. The van der Waals surface area contributed by atoms with Crippen molar-refractivity contribution in [2.45, 2.75) is 431 Å². The predicted molar refractivity (Wildman–Crippen MR) is 356 cm³/mol. The van der Waals surface area contributed by atoms with Crippen LogP contribution in [0.2, 0.25) is 0 Å². The van der Waals surface area contributed by atoms with E-state index in [4.69, 9.17) is 4.74 Å². The molecule has 6 nitrogen and oxygen atoms in total. The van der Waals surface area contributed by atoms with Crippen molar-refractivity contribution < 1.29 is 24.5 Å². The average Bonchev–Trinajstić information content (AvgIpc) is 3.47. The van der Waals surface area contributed by atoms with Crippen molar-refractivity contribution in [1.82, 2.24) is 5.32 Å². The van der Waals surface area contributed by atoms with Crippen molar-refractivity contribution in [2.24, 2.45) is 0 Å². The van der Waals surface area contributed by atoms with E-state index in [1.807, 2.05) is 0 Å². The number of nitrogens with one attached hydrogen (secondary N) is 1. The Labute approximate surface area is 507 Å². The molecular weight excluding hydrogens is 995 g/mol. The minimum atomic E-state index is -0.665. The summed E-state index contributed by atoms with van der Waals surface area (Å²) in [5.41, 5.74) is 0. The second-order valence-electron chi connectivity index (χ2n) is 25.6. The maximum atomic E-state index is 12.6. The normalized spacial score (nSPS) is 12.6. The van der Waals surface area contributed by atoms with Gasteiger partial charge in [0.25, 0.3) is 0 Å². The highest BCUT2D eigenvalue weighted by atomic mass is 16.5. The van der Waals surface area contributed by atoms with Crippen LogP contribution < -0.4 is 5.32 Å². The highest BCUT2D eigenvalue weighted by molar-refractivity contribution is 5.76. The fourth-order valence-corrected chi connectivity index (χ4v) is 11.9. The average molecular weight is 1140 g/mol. The van der Waals surface area contributed by atoms with E-state index in [9.17, 15) is 19.8 Å². The van der Waals surface area contributed by atoms with Gasteiger partial charge >= 0.3 is 5.97 Å². The van der Waals surface area contributed by atoms with Crippen LogP contribution in [0.5, 0.6) is 0 Å². The summed E-state index contributed by atoms with van der Waals surface area (Å²) in [5, 5.41) is 23.4. The Bertz CT molecular complexity index is 1270. The Morgan fingerprint density at radius 3 is 0.938 bits per heavy atom. The zero-order valence-electron chi connectivity index (χ0n) is 55.0. The van der Waals surface area contributed by atoms with Crippen LogP contribution in [-0.4, -0.2) is 47.4 Å². The van der Waals surface area contributed by atoms with E-state index >= 15 is 0 Å². The number of rotatable bonds is 70. The zero-order chi connectivity index (χ0) is 58.5. The van der Waals surface area contributed by atoms with Gasteiger partial charge < -0.3 is 20.3 Å². The Balaban J connectivity index is 3.39. The molecule has 0 aliphatic rings. The van der Waals surface area contributed by atoms with Gasteiger partial charge in [-0.2, -0.15) is 0 Å². The van der Waals surface area contributed by atoms with E-state index < -0.39 is 12.1 Å². The van der Waals surface area contributed by atoms with Crippen molar-refractivity contribution in [2.75, 3.05) is 13.2 Å². The van der Waals surface area contributed by atoms with Crippen LogP contribution >= 0.6 is 0 Å². The summed E-state index contributed by atoms with van der Waals surface area (Å²) >= 11 is 0. The molecule has 480 valence electrons. The van der Waals surface area contributed by atoms with Gasteiger partial charge in [-0.15, -0.1) is 0 Å². The molecule has 0 aliphatic carbocycles. The number of unbranched alkanes of at least 4 members (excludes halogenated alkanes) is 55. The maximum Gasteiger partial charge on any atom is 0.305 e. The first-order valence-electron chi connectivity index (χ1n) is 37.1. The number of hydrogen-bond acceptors (Lipinski definition) is 5. The van der Waals surface area contributed by atoms with Gasteiger partial charge in [0.15, 0.2) is 0 Å². The molecule has 3 N–H and O–H groups in total. The van der Waals surface area contributed by atoms with Gasteiger partial charge in [0, 0.05) is 12.8 Å². The number of amides is 1. The lowest BCUT2D eigenvalue weighted by atomic mass is 10.0. The predicted octanol–water partition coefficient (Wildman–Crippen LogP) is 24.1. The molecule has 2 atom stereocenters. The van der Waals surface area contributed by atoms with E-state index in [0.717, 1.165) is 44.9 Å². The fourth-order valence-electron chi connectivity index (χ4n) is 11.9. The number of ether oxygens (including phenoxy) is 1. The highest BCUT2D eigenvalue weighted by Crippen LogP contribution is 2.19. The number of carbonyl (C=O) groups excluding carboxylic acids is 2. The van der Waals surface area contributed by atoms with Crippen LogP contribution in [0.25, 0.3) is 0 Å². The minimum Gasteiger partial charge on any atom is -0.466 e. The topological polar surface area (TPSA) is 95.9 Å². The molecule has 0 aromatic rings. The molecule has 0 radical (unpaired) electrons. The van der Waals surface area contributed by atoms with Gasteiger partial charge in [-0.3, -0.25) is 9.59 Å². The summed E-state index contributed by atoms with van der Waals surface area (Å²) in [4.78, 5) is 24.6. The first kappa shape index (κ1) is 79.3. The molecule has 0 bridgehead atoms. The van der Waals surface area contributed by atoms with Crippen molar-refractivity contribution in [1.29, 1.82) is 0 Å². The van der Waals surface area contributed by atoms with Crippen molar-refractivity contribution in [3.8, 4) is 0 Å². The lowest BCUT2D eigenvalue weighted by molar-refractivity contribution is -0.143. The Kier molecular flexibility index (Phi) is 69.4. The summed E-state index contributed by atoms with van der Waals surface area (Å²) in [7, 11) is 0. The van der Waals surface area contributed by atoms with Crippen LogP contribution in [-0.2, 0) is 14.3 Å². The van der Waals surface area contributed by atoms with Crippen LogP contribution in [0, 0.1) is 0 Å². The van der Waals surface area contributed by atoms with Gasteiger partial charge in [0.2, 0.25) is 5.91 Å². The quantitative estimate of drug-likeness (QED) is 0.0320. The lowest BCUT2D eigenvalue weighted by Crippen LogP contribution is -2.45. The molecule has 0 aromatic carbocycles. The van der Waals surface area contributed by atoms with Crippen LogP contribution in [0.15, 0.2) is 24.3 Å². The molecule has 0 spiro atoms. The second-order valence-corrected chi connectivity index (χ2v) is 25.6. The minimum absolute atomic E-state index is 0.0147. The Hall–Kier alpha value is -1.66. The summed E-state index contributed by atoms with van der Waals surface area (Å²) in [6.45, 7) is 4.99. The van der Waals surface area contributed by atoms with E-state index in [0.29, 0.717) is 25.9 Å². The summed E-state index contributed by atoms with van der Waals surface area (Å²) < 4.78 is 5.48. The van der Waals surface area contributed by atoms with Crippen LogP contribution in [0.4, 0.5) is 0 Å². The molecule has 0 saturated heterocycles. The fraction of sp³-hybridized carbons (Fsp3) is 0.920. The maximum absolute atomic E-state index is 12.6. The largest absolute Gasteiger partial charge is 0.466 e. The third kappa shape index (κ3) is 67.3. The van der Waals surface area contributed by atoms with E-state index in [1.54, 1.807) is 0 Å². The molecular formula is C75H145NO5. The third-order valence-corrected chi connectivity index (χ3v) is 17.5. The van der Waals surface area contributed by atoms with Crippen molar-refractivity contribution in [3.63, 3.8) is 0 Å². The molecule has 81 heavy (non-hydrogen) atoms. The number of aliphatic hydroxyl groups is 2. The standard InChI is InChI=1S/C75H145NO5/c1-3-5-7-9-11-13-15-17-18-19-20-32-35-38-41-44-47-51-55-59-63-67-73(78)72(71-77)76-74(79)68-64-60-56-52-48-45-42-39-36-33-30-28-26-24-22-21-23-25-27-29-31-34-37-40-43-46-50-54-58-62-66-70-81-75(80)69-65-61-57-53-49-16-14-12-10-8-6-4-2/h23,25,29,31,72-73,77-78H,3-22,24,26-28,30,32-71H2,1-2H3,(H,76,79)/b25-23-,31-29-. The lowest BCUT2D eigenvalue weighted by Gasteiger charge is -2.22. The summed E-state index contributed by atoms with van der Waals surface area (Å²) in [5.74, 6) is -0.0149. The molecule has 0 saturated carbocycles. The van der Waals surface area contributed by atoms with E-state index in [2.05, 4.69) is 43.5 Å². The smallest absolute Gasteiger partial charge is 0.305 e. The molecule has 2 unspecified atom stereocenters. The number of allylic oxidation sites excluding steroid dienone is 4. The van der Waals surface area contributed by atoms with Gasteiger partial charge in [0.1, 0.15) is 0 Å². The molecule has 0 aromatic heterocycles. The number of esters is 1. The molecule has 1 amide bonds. The first-order chi connectivity index (χ1) is 40.0. The van der Waals surface area contributed by atoms with Gasteiger partial charge in [0.05, 0.1) is 25.4 Å². The monoisotopic (exact) mass is 1140 g/mol. The number of hydrogen-bond donors (Lipinski definition) is 3. The summed E-state index contributed by atoms with van der Waals surface area (Å²) in [6.07, 6.45) is 89.6. The summed E-state index contributed by atoms with van der Waals surface area (Å²) in [6, 6.07) is -0.542. The number of carbonyl (C=O) groups is 2. The van der Waals surface area contributed by atoms with Crippen LogP contribution in [0.1, 0.15) is 418 Å². The van der Waals surface area contributed by atoms with Gasteiger partial charge in [-0.25, -0.2) is 0 Å². The SMILES string of the molecule is CCCCCCCCCCCCCCCCCCCCCCCC(O)C(CO)NC(=O)CCCCCCCCCCCCCCCCC/C=C\C/C=C\CCCCCCCCCCCOC(=O)CCCCCCCCCCCCCC. The van der Waals surface area contributed by atoms with Crippen molar-refractivity contribution in [3.05, 3.63) is 24.3 Å². The van der Waals surface area contributed by atoms with E-state index in [1.165, 1.54) is 340 Å². The molecule has 0 aliphatic heterocycles. The highest BCUT2D eigenvalue weighted by Gasteiger charge is 2.20. The second kappa shape index (κ2) is 70.8.